The monoisotopic (exact) mass is 244 g/mol. The minimum atomic E-state index is 1.05. The van der Waals surface area contributed by atoms with Gasteiger partial charge in [0.05, 0.1) is 11.4 Å². The van der Waals surface area contributed by atoms with Gasteiger partial charge in [-0.1, -0.05) is 20.8 Å². The van der Waals surface area contributed by atoms with Crippen molar-refractivity contribution in [2.75, 3.05) is 0 Å². The van der Waals surface area contributed by atoms with Crippen molar-refractivity contribution in [3.05, 3.63) is 35.2 Å². The fourth-order valence-corrected chi connectivity index (χ4v) is 3.11. The molecule has 2 heterocycles. The maximum atomic E-state index is 3.37. The van der Waals surface area contributed by atoms with Crippen LogP contribution in [0.3, 0.4) is 0 Å². The van der Waals surface area contributed by atoms with E-state index < -0.39 is 0 Å². The van der Waals surface area contributed by atoms with Crippen LogP contribution in [-0.2, 0) is 25.8 Å². The molecule has 0 aliphatic carbocycles. The van der Waals surface area contributed by atoms with Gasteiger partial charge in [0.1, 0.15) is 0 Å². The van der Waals surface area contributed by atoms with E-state index in [0.29, 0.717) is 0 Å². The summed E-state index contributed by atoms with van der Waals surface area (Å²) in [7, 11) is 0. The molecule has 0 unspecified atom stereocenters. The van der Waals surface area contributed by atoms with Crippen molar-refractivity contribution >= 4 is 0 Å². The highest BCUT2D eigenvalue weighted by atomic mass is 15.0. The van der Waals surface area contributed by atoms with Gasteiger partial charge in [0.25, 0.3) is 0 Å². The third kappa shape index (κ3) is 1.90. The topological polar surface area (TPSA) is 20.7 Å². The van der Waals surface area contributed by atoms with Gasteiger partial charge in [-0.25, -0.2) is 0 Å². The number of nitrogens with zero attached hydrogens (tertiary/aromatic N) is 1. The van der Waals surface area contributed by atoms with Gasteiger partial charge < -0.3 is 9.55 Å². The summed E-state index contributed by atoms with van der Waals surface area (Å²) in [6, 6.07) is 4.26. The predicted molar refractivity (Wildman–Crippen MR) is 78.0 cm³/mol. The summed E-state index contributed by atoms with van der Waals surface area (Å²) in [5, 5.41) is 0. The van der Waals surface area contributed by atoms with Gasteiger partial charge in [-0.2, -0.15) is 0 Å². The van der Waals surface area contributed by atoms with Gasteiger partial charge >= 0.3 is 0 Å². The first kappa shape index (κ1) is 13.0. The summed E-state index contributed by atoms with van der Waals surface area (Å²) in [6.45, 7) is 10.1. The van der Waals surface area contributed by atoms with Crippen LogP contribution in [0.15, 0.2) is 18.3 Å². The quantitative estimate of drug-likeness (QED) is 0.814. The Balaban J connectivity index is 2.73. The van der Waals surface area contributed by atoms with E-state index in [1.54, 1.807) is 5.56 Å². The third-order valence-corrected chi connectivity index (χ3v) is 3.81. The van der Waals surface area contributed by atoms with Crippen molar-refractivity contribution in [2.45, 2.75) is 53.5 Å². The zero-order chi connectivity index (χ0) is 13.1. The van der Waals surface area contributed by atoms with E-state index >= 15 is 0 Å². The second-order valence-electron chi connectivity index (χ2n) is 4.64. The van der Waals surface area contributed by atoms with Gasteiger partial charge in [-0.3, -0.25) is 0 Å². The zero-order valence-corrected chi connectivity index (χ0v) is 12.0. The Morgan fingerprint density at radius 2 is 1.72 bits per heavy atom. The minimum Gasteiger partial charge on any atom is -0.360 e. The molecule has 0 aliphatic rings. The lowest BCUT2D eigenvalue weighted by atomic mass is 10.0. The summed E-state index contributed by atoms with van der Waals surface area (Å²) in [5.41, 5.74) is 7.26. The van der Waals surface area contributed by atoms with Gasteiger partial charge in [-0.15, -0.1) is 0 Å². The van der Waals surface area contributed by atoms with Crippen molar-refractivity contribution in [3.63, 3.8) is 0 Å². The number of H-pyrrole nitrogens is 1. The lowest BCUT2D eigenvalue weighted by Crippen LogP contribution is -2.03. The van der Waals surface area contributed by atoms with Crippen molar-refractivity contribution in [1.82, 2.24) is 9.55 Å². The molecule has 0 fully saturated rings. The number of nitrogens with one attached hydrogen (secondary N) is 1. The smallest absolute Gasteiger partial charge is 0.0683 e. The molecule has 0 saturated heterocycles. The standard InChI is InChI=1S/C16H24N2/c1-5-12-13(6-2)16(14-10-9-11-17-14)18(8-4)15(12)7-3/h9-11,17H,5-8H2,1-4H3. The van der Waals surface area contributed by atoms with Crippen molar-refractivity contribution in [3.8, 4) is 11.4 Å². The molecule has 98 valence electrons. The van der Waals surface area contributed by atoms with Crippen LogP contribution in [-0.4, -0.2) is 9.55 Å². The van der Waals surface area contributed by atoms with Gasteiger partial charge in [0, 0.05) is 18.4 Å². The van der Waals surface area contributed by atoms with Crippen molar-refractivity contribution in [2.24, 2.45) is 0 Å². The Bertz CT molecular complexity index is 474. The Morgan fingerprint density at radius 1 is 1.00 bits per heavy atom. The van der Waals surface area contributed by atoms with Crippen LogP contribution in [0, 0.1) is 0 Å². The van der Waals surface area contributed by atoms with Crippen LogP contribution < -0.4 is 0 Å². The Morgan fingerprint density at radius 3 is 2.17 bits per heavy atom. The second-order valence-corrected chi connectivity index (χ2v) is 4.64. The highest BCUT2D eigenvalue weighted by Gasteiger charge is 2.19. The largest absolute Gasteiger partial charge is 0.360 e. The summed E-state index contributed by atoms with van der Waals surface area (Å²) in [5.74, 6) is 0. The fourth-order valence-electron chi connectivity index (χ4n) is 3.11. The van der Waals surface area contributed by atoms with Crippen molar-refractivity contribution < 1.29 is 0 Å². The Hall–Kier alpha value is -1.44. The molecule has 0 aromatic carbocycles. The lowest BCUT2D eigenvalue weighted by Gasteiger charge is -2.10. The molecule has 0 atom stereocenters. The number of aromatic amines is 1. The maximum absolute atomic E-state index is 3.37. The normalized spacial score (nSPS) is 11.1. The summed E-state index contributed by atoms with van der Waals surface area (Å²) in [6.07, 6.45) is 5.37. The zero-order valence-electron chi connectivity index (χ0n) is 12.0. The number of hydrogen-bond acceptors (Lipinski definition) is 0. The molecular weight excluding hydrogens is 220 g/mol. The Kier molecular flexibility index (Phi) is 3.95. The van der Waals surface area contributed by atoms with E-state index in [1.165, 1.54) is 22.6 Å². The van der Waals surface area contributed by atoms with Crippen LogP contribution in [0.4, 0.5) is 0 Å². The van der Waals surface area contributed by atoms with Crippen LogP contribution in [0.25, 0.3) is 11.4 Å². The molecule has 2 aromatic rings. The molecule has 2 aromatic heterocycles. The summed E-state index contributed by atoms with van der Waals surface area (Å²) < 4.78 is 2.49. The first-order valence-electron chi connectivity index (χ1n) is 7.15. The third-order valence-electron chi connectivity index (χ3n) is 3.81. The van der Waals surface area contributed by atoms with Crippen LogP contribution in [0.2, 0.25) is 0 Å². The molecule has 0 amide bonds. The molecule has 2 rings (SSSR count). The van der Waals surface area contributed by atoms with Crippen LogP contribution in [0.5, 0.6) is 0 Å². The van der Waals surface area contributed by atoms with Crippen LogP contribution >= 0.6 is 0 Å². The molecule has 0 spiro atoms. The first-order chi connectivity index (χ1) is 8.78. The van der Waals surface area contributed by atoms with Crippen LogP contribution in [0.1, 0.15) is 44.5 Å². The van der Waals surface area contributed by atoms with E-state index in [9.17, 15) is 0 Å². The number of rotatable bonds is 5. The van der Waals surface area contributed by atoms with E-state index in [-0.39, 0.29) is 0 Å². The predicted octanol–water partition coefficient (Wildman–Crippen LogP) is 4.19. The molecule has 1 N–H and O–H groups in total. The highest BCUT2D eigenvalue weighted by molar-refractivity contribution is 5.65. The number of aromatic nitrogens is 2. The maximum Gasteiger partial charge on any atom is 0.0683 e. The molecule has 0 saturated carbocycles. The molecule has 0 bridgehead atoms. The average Bonchev–Trinajstić information content (AvgIpc) is 3.01. The van der Waals surface area contributed by atoms with E-state index in [1.807, 2.05) is 6.20 Å². The minimum absolute atomic E-state index is 1.05. The first-order valence-corrected chi connectivity index (χ1v) is 7.15. The molecule has 2 heteroatoms. The SMILES string of the molecule is CCc1c(CC)c(-c2ccc[nH]2)n(CC)c1CC. The Labute approximate surface area is 110 Å². The van der Waals surface area contributed by atoms with E-state index in [2.05, 4.69) is 49.4 Å². The molecular formula is C16H24N2. The van der Waals surface area contributed by atoms with Gasteiger partial charge in [0.15, 0.2) is 0 Å². The highest BCUT2D eigenvalue weighted by Crippen LogP contribution is 2.32. The van der Waals surface area contributed by atoms with E-state index in [0.717, 1.165) is 25.8 Å². The second kappa shape index (κ2) is 5.47. The molecule has 2 nitrogen and oxygen atoms in total. The lowest BCUT2D eigenvalue weighted by molar-refractivity contribution is 0.720. The average molecular weight is 244 g/mol. The molecule has 18 heavy (non-hydrogen) atoms. The molecule has 0 aliphatic heterocycles. The van der Waals surface area contributed by atoms with E-state index in [4.69, 9.17) is 0 Å². The van der Waals surface area contributed by atoms with Gasteiger partial charge in [0.2, 0.25) is 0 Å². The van der Waals surface area contributed by atoms with Gasteiger partial charge in [-0.05, 0) is 49.4 Å². The summed E-state index contributed by atoms with van der Waals surface area (Å²) >= 11 is 0. The molecule has 0 radical (unpaired) electrons. The van der Waals surface area contributed by atoms with Crippen molar-refractivity contribution in [1.29, 1.82) is 0 Å². The summed E-state index contributed by atoms with van der Waals surface area (Å²) in [4.78, 5) is 3.37. The fraction of sp³-hybridized carbons (Fsp3) is 0.500. The number of hydrogen-bond donors (Lipinski definition) is 1.